The van der Waals surface area contributed by atoms with Crippen molar-refractivity contribution in [3.05, 3.63) is 33.0 Å². The van der Waals surface area contributed by atoms with Gasteiger partial charge >= 0.3 is 0 Å². The number of likely N-dealkylation sites (tertiary alicyclic amines) is 1. The molecule has 2 aliphatic heterocycles. The maximum Gasteiger partial charge on any atom is 0.263 e. The van der Waals surface area contributed by atoms with E-state index in [1.807, 2.05) is 17.5 Å². The number of fused-ring (bicyclic) bond motifs is 1. The summed E-state index contributed by atoms with van der Waals surface area (Å²) in [5.74, 6) is -0.158. The summed E-state index contributed by atoms with van der Waals surface area (Å²) in [6.07, 6.45) is 2.60. The van der Waals surface area contributed by atoms with Crippen molar-refractivity contribution < 1.29 is 9.59 Å². The van der Waals surface area contributed by atoms with Gasteiger partial charge in [0.1, 0.15) is 0 Å². The van der Waals surface area contributed by atoms with Crippen molar-refractivity contribution in [2.75, 3.05) is 32.0 Å². The van der Waals surface area contributed by atoms with Gasteiger partial charge < -0.3 is 15.1 Å². The van der Waals surface area contributed by atoms with Crippen LogP contribution in [0.1, 0.15) is 33.1 Å². The van der Waals surface area contributed by atoms with Crippen LogP contribution in [-0.2, 0) is 17.8 Å². The monoisotopic (exact) mass is 390 g/mol. The van der Waals surface area contributed by atoms with E-state index in [4.69, 9.17) is 0 Å². The minimum absolute atomic E-state index is 0.0202. The van der Waals surface area contributed by atoms with Gasteiger partial charge in [-0.25, -0.2) is 4.98 Å². The minimum atomic E-state index is -0.170. The fraction of sp³-hybridized carbons (Fsp3) is 0.500. The zero-order valence-corrected chi connectivity index (χ0v) is 16.4. The van der Waals surface area contributed by atoms with Crippen LogP contribution in [0, 0.1) is 5.92 Å². The molecule has 0 spiro atoms. The molecule has 8 heteroatoms. The first-order valence-corrected chi connectivity index (χ1v) is 10.6. The Kier molecular flexibility index (Phi) is 5.06. The summed E-state index contributed by atoms with van der Waals surface area (Å²) in [4.78, 5) is 35.9. The molecule has 4 heterocycles. The van der Waals surface area contributed by atoms with E-state index in [1.54, 1.807) is 16.2 Å². The molecule has 0 aliphatic carbocycles. The number of nitrogens with zero attached hydrogens (tertiary/aromatic N) is 3. The number of nitrogens with one attached hydrogen (secondary N) is 1. The number of hydrogen-bond acceptors (Lipinski definition) is 6. The van der Waals surface area contributed by atoms with Gasteiger partial charge in [0.2, 0.25) is 5.91 Å². The maximum absolute atomic E-state index is 12.7. The van der Waals surface area contributed by atoms with Crippen LogP contribution in [-0.4, -0.2) is 53.3 Å². The average molecular weight is 391 g/mol. The minimum Gasteiger partial charge on any atom is -0.337 e. The summed E-state index contributed by atoms with van der Waals surface area (Å²) >= 11 is 3.02. The predicted molar refractivity (Wildman–Crippen MR) is 104 cm³/mol. The van der Waals surface area contributed by atoms with Crippen LogP contribution < -0.4 is 5.32 Å². The number of piperidine rings is 1. The van der Waals surface area contributed by atoms with Gasteiger partial charge in [0.25, 0.3) is 5.91 Å². The smallest absolute Gasteiger partial charge is 0.263 e. The number of aromatic nitrogens is 1. The summed E-state index contributed by atoms with van der Waals surface area (Å²) in [5.41, 5.74) is 1.11. The first-order valence-electron chi connectivity index (χ1n) is 8.91. The molecule has 0 unspecified atom stereocenters. The molecule has 2 aromatic heterocycles. The third-order valence-electron chi connectivity index (χ3n) is 4.96. The van der Waals surface area contributed by atoms with Gasteiger partial charge in [0, 0.05) is 37.5 Å². The van der Waals surface area contributed by atoms with Gasteiger partial charge in [-0.3, -0.25) is 9.59 Å². The Morgan fingerprint density at radius 1 is 1.35 bits per heavy atom. The molecule has 1 saturated heterocycles. The van der Waals surface area contributed by atoms with Crippen LogP contribution in [0.2, 0.25) is 0 Å². The molecule has 26 heavy (non-hydrogen) atoms. The van der Waals surface area contributed by atoms with Gasteiger partial charge in [-0.05, 0) is 31.3 Å². The molecule has 138 valence electrons. The van der Waals surface area contributed by atoms with Crippen molar-refractivity contribution in [3.8, 4) is 0 Å². The SMILES string of the molecule is CN1CCc2nc(NC(=O)[C@H]3CCCN(C(=O)c4cccs4)C3)sc2C1. The highest BCUT2D eigenvalue weighted by Gasteiger charge is 2.30. The maximum atomic E-state index is 12.7. The number of anilines is 1. The molecule has 4 rings (SSSR count). The second-order valence-electron chi connectivity index (χ2n) is 6.93. The summed E-state index contributed by atoms with van der Waals surface area (Å²) in [5, 5.41) is 5.59. The molecule has 0 saturated carbocycles. The van der Waals surface area contributed by atoms with Crippen LogP contribution in [0.5, 0.6) is 0 Å². The van der Waals surface area contributed by atoms with E-state index in [2.05, 4.69) is 22.2 Å². The van der Waals surface area contributed by atoms with E-state index < -0.39 is 0 Å². The molecule has 1 atom stereocenters. The summed E-state index contributed by atoms with van der Waals surface area (Å²) in [7, 11) is 2.10. The van der Waals surface area contributed by atoms with Crippen molar-refractivity contribution in [1.82, 2.24) is 14.8 Å². The Morgan fingerprint density at radius 3 is 3.04 bits per heavy atom. The number of carbonyl (C=O) groups is 2. The molecular formula is C18H22N4O2S2. The quantitative estimate of drug-likeness (QED) is 0.875. The van der Waals surface area contributed by atoms with Crippen molar-refractivity contribution in [2.24, 2.45) is 5.92 Å². The van der Waals surface area contributed by atoms with Crippen LogP contribution >= 0.6 is 22.7 Å². The lowest BCUT2D eigenvalue weighted by Crippen LogP contribution is -2.43. The molecule has 2 aromatic rings. The lowest BCUT2D eigenvalue weighted by molar-refractivity contribution is -0.121. The van der Waals surface area contributed by atoms with E-state index in [0.717, 1.165) is 49.5 Å². The highest BCUT2D eigenvalue weighted by molar-refractivity contribution is 7.15. The zero-order valence-electron chi connectivity index (χ0n) is 14.7. The molecule has 2 amide bonds. The Morgan fingerprint density at radius 2 is 2.23 bits per heavy atom. The van der Waals surface area contributed by atoms with Crippen molar-refractivity contribution >= 4 is 39.6 Å². The predicted octanol–water partition coefficient (Wildman–Crippen LogP) is 2.68. The van der Waals surface area contributed by atoms with E-state index >= 15 is 0 Å². The summed E-state index contributed by atoms with van der Waals surface area (Å²) < 4.78 is 0. The summed E-state index contributed by atoms with van der Waals surface area (Å²) in [6.45, 7) is 3.11. The lowest BCUT2D eigenvalue weighted by atomic mass is 9.97. The number of carbonyl (C=O) groups excluding carboxylic acids is 2. The third-order valence-corrected chi connectivity index (χ3v) is 6.82. The Labute approximate surface area is 160 Å². The van der Waals surface area contributed by atoms with Crippen molar-refractivity contribution in [1.29, 1.82) is 0 Å². The number of thiazole rings is 1. The lowest BCUT2D eigenvalue weighted by Gasteiger charge is -2.31. The molecule has 6 nitrogen and oxygen atoms in total. The normalized spacial score (nSPS) is 20.7. The van der Waals surface area contributed by atoms with Crippen LogP contribution in [0.4, 0.5) is 5.13 Å². The molecule has 0 radical (unpaired) electrons. The fourth-order valence-electron chi connectivity index (χ4n) is 3.52. The van der Waals surface area contributed by atoms with Gasteiger partial charge in [0.05, 0.1) is 16.5 Å². The van der Waals surface area contributed by atoms with Crippen LogP contribution in [0.25, 0.3) is 0 Å². The first kappa shape index (κ1) is 17.6. The fourth-order valence-corrected chi connectivity index (χ4v) is 5.30. The van der Waals surface area contributed by atoms with Gasteiger partial charge in [0.15, 0.2) is 5.13 Å². The molecule has 1 fully saturated rings. The van der Waals surface area contributed by atoms with E-state index in [-0.39, 0.29) is 17.7 Å². The molecule has 1 N–H and O–H groups in total. The van der Waals surface area contributed by atoms with E-state index in [1.165, 1.54) is 16.2 Å². The Hall–Kier alpha value is -1.77. The highest BCUT2D eigenvalue weighted by atomic mass is 32.1. The first-order chi connectivity index (χ1) is 12.6. The topological polar surface area (TPSA) is 65.5 Å². The molecule has 0 bridgehead atoms. The number of thiophene rings is 1. The van der Waals surface area contributed by atoms with E-state index in [0.29, 0.717) is 11.7 Å². The van der Waals surface area contributed by atoms with E-state index in [9.17, 15) is 9.59 Å². The standard InChI is InChI=1S/C18H22N4O2S2/c1-21-8-6-13-15(11-21)26-18(19-13)20-16(23)12-4-2-7-22(10-12)17(24)14-5-3-9-25-14/h3,5,9,12H,2,4,6-8,10-11H2,1H3,(H,19,20,23)/t12-/m0/s1. The average Bonchev–Trinajstić information content (AvgIpc) is 3.30. The number of rotatable bonds is 3. The zero-order chi connectivity index (χ0) is 18.1. The number of amides is 2. The Balaban J connectivity index is 1.39. The second kappa shape index (κ2) is 7.46. The van der Waals surface area contributed by atoms with Crippen LogP contribution in [0.3, 0.4) is 0 Å². The number of likely N-dealkylation sites (N-methyl/N-ethyl adjacent to an activating group) is 1. The van der Waals surface area contributed by atoms with Crippen molar-refractivity contribution in [2.45, 2.75) is 25.8 Å². The summed E-state index contributed by atoms with van der Waals surface area (Å²) in [6, 6.07) is 3.72. The van der Waals surface area contributed by atoms with Crippen molar-refractivity contribution in [3.63, 3.8) is 0 Å². The Bertz CT molecular complexity index is 802. The molecule has 0 aromatic carbocycles. The third kappa shape index (κ3) is 3.67. The largest absolute Gasteiger partial charge is 0.337 e. The van der Waals surface area contributed by atoms with Gasteiger partial charge in [-0.1, -0.05) is 6.07 Å². The second-order valence-corrected chi connectivity index (χ2v) is 8.96. The molecule has 2 aliphatic rings. The molecular weight excluding hydrogens is 368 g/mol. The highest BCUT2D eigenvalue weighted by Crippen LogP contribution is 2.29. The van der Waals surface area contributed by atoms with Crippen LogP contribution in [0.15, 0.2) is 17.5 Å². The van der Waals surface area contributed by atoms with Gasteiger partial charge in [-0.2, -0.15) is 0 Å². The van der Waals surface area contributed by atoms with Gasteiger partial charge in [-0.15, -0.1) is 22.7 Å². The number of hydrogen-bond donors (Lipinski definition) is 1.